The van der Waals surface area contributed by atoms with E-state index in [-0.39, 0.29) is 0 Å². The lowest BCUT2D eigenvalue weighted by molar-refractivity contribution is 0.372. The van der Waals surface area contributed by atoms with Crippen LogP contribution < -0.4 is 9.47 Å². The number of rotatable bonds is 2. The van der Waals surface area contributed by atoms with Crippen LogP contribution in [0.15, 0.2) is 0 Å². The normalized spacial score (nSPS) is 9.40. The number of hydrogen-bond donors (Lipinski definition) is 0. The maximum absolute atomic E-state index is 4.99. The van der Waals surface area contributed by atoms with Crippen molar-refractivity contribution in [3.8, 4) is 10.1 Å². The molecule has 0 aliphatic rings. The second kappa shape index (κ2) is 3.32. The van der Waals surface area contributed by atoms with Gasteiger partial charge in [0, 0.05) is 0 Å². The van der Waals surface area contributed by atoms with Crippen molar-refractivity contribution in [2.45, 2.75) is 0 Å². The highest BCUT2D eigenvalue weighted by Crippen LogP contribution is 2.39. The molecule has 1 heterocycles. The molecule has 2 nitrogen and oxygen atoms in total. The highest BCUT2D eigenvalue weighted by atomic mass is 32.2. The Bertz CT molecular complexity index is 238. The zero-order chi connectivity index (χ0) is 7.56. The van der Waals surface area contributed by atoms with Gasteiger partial charge in [0.2, 0.25) is 10.1 Å². The molecule has 0 spiro atoms. The Labute approximate surface area is 72.0 Å². The van der Waals surface area contributed by atoms with Gasteiger partial charge in [-0.2, -0.15) is 0 Å². The maximum Gasteiger partial charge on any atom is 0.230 e. The lowest BCUT2D eigenvalue weighted by Gasteiger charge is -1.96. The molecular weight excluding hydrogens is 188 g/mol. The SMILES string of the molecule is COc1sc(=S)sc1OC. The van der Waals surface area contributed by atoms with E-state index in [0.717, 1.165) is 13.3 Å². The van der Waals surface area contributed by atoms with Crippen molar-refractivity contribution in [2.75, 3.05) is 14.2 Å². The zero-order valence-electron chi connectivity index (χ0n) is 5.54. The van der Waals surface area contributed by atoms with Crippen LogP contribution in [0, 0.1) is 3.14 Å². The predicted octanol–water partition coefficient (Wildman–Crippen LogP) is 2.56. The fourth-order valence-corrected chi connectivity index (χ4v) is 2.63. The lowest BCUT2D eigenvalue weighted by atomic mass is 10.9. The van der Waals surface area contributed by atoms with Gasteiger partial charge in [0.25, 0.3) is 0 Å². The van der Waals surface area contributed by atoms with Crippen LogP contribution in [-0.2, 0) is 0 Å². The molecule has 0 bridgehead atoms. The first-order valence-corrected chi connectivity index (χ1v) is 4.54. The molecule has 0 saturated heterocycles. The average Bonchev–Trinajstić information content (AvgIpc) is 2.30. The Hall–Kier alpha value is -0.130. The third-order valence-corrected chi connectivity index (χ3v) is 3.43. The van der Waals surface area contributed by atoms with Gasteiger partial charge in [-0.25, -0.2) is 0 Å². The third-order valence-electron chi connectivity index (χ3n) is 0.890. The molecule has 5 heteroatoms. The summed E-state index contributed by atoms with van der Waals surface area (Å²) in [5, 5.41) is 1.52. The highest BCUT2D eigenvalue weighted by Gasteiger charge is 2.05. The second-order valence-corrected chi connectivity index (χ2v) is 4.59. The molecule has 1 aromatic rings. The van der Waals surface area contributed by atoms with Crippen LogP contribution in [0.3, 0.4) is 0 Å². The van der Waals surface area contributed by atoms with Crippen LogP contribution in [0.2, 0.25) is 0 Å². The summed E-state index contributed by atoms with van der Waals surface area (Å²) in [4.78, 5) is 0. The van der Waals surface area contributed by atoms with E-state index in [1.807, 2.05) is 0 Å². The zero-order valence-corrected chi connectivity index (χ0v) is 7.99. The molecule has 0 N–H and O–H groups in total. The van der Waals surface area contributed by atoms with Gasteiger partial charge in [-0.1, -0.05) is 34.9 Å². The van der Waals surface area contributed by atoms with Crippen molar-refractivity contribution < 1.29 is 9.47 Å². The summed E-state index contributed by atoms with van der Waals surface area (Å²) in [7, 11) is 3.21. The van der Waals surface area contributed by atoms with Gasteiger partial charge in [0.15, 0.2) is 3.14 Å². The largest absolute Gasteiger partial charge is 0.484 e. The molecule has 56 valence electrons. The molecular formula is C5H6O2S3. The van der Waals surface area contributed by atoms with Gasteiger partial charge in [0.05, 0.1) is 14.2 Å². The first-order chi connectivity index (χ1) is 4.77. The summed E-state index contributed by atoms with van der Waals surface area (Å²) in [5.41, 5.74) is 0. The van der Waals surface area contributed by atoms with E-state index in [1.165, 1.54) is 22.7 Å². The van der Waals surface area contributed by atoms with Crippen molar-refractivity contribution in [3.63, 3.8) is 0 Å². The van der Waals surface area contributed by atoms with Crippen LogP contribution in [0.25, 0.3) is 0 Å². The minimum absolute atomic E-state index is 0.762. The number of ether oxygens (including phenoxy) is 2. The molecule has 0 aromatic carbocycles. The fraction of sp³-hybridized carbons (Fsp3) is 0.400. The summed E-state index contributed by atoms with van der Waals surface area (Å²) in [5.74, 6) is 0. The van der Waals surface area contributed by atoms with Gasteiger partial charge in [0.1, 0.15) is 0 Å². The molecule has 0 atom stereocenters. The molecule has 1 rings (SSSR count). The Balaban J connectivity index is 3.08. The summed E-state index contributed by atoms with van der Waals surface area (Å²) in [6, 6.07) is 0. The predicted molar refractivity (Wildman–Crippen MR) is 46.1 cm³/mol. The van der Waals surface area contributed by atoms with Crippen molar-refractivity contribution >= 4 is 34.9 Å². The molecule has 10 heavy (non-hydrogen) atoms. The standard InChI is InChI=1S/C5H6O2S3/c1-6-3-4(7-2)10-5(8)9-3/h1-2H3. The van der Waals surface area contributed by atoms with Crippen molar-refractivity contribution in [1.82, 2.24) is 0 Å². The topological polar surface area (TPSA) is 18.5 Å². The molecule has 1 aromatic heterocycles. The van der Waals surface area contributed by atoms with Crippen LogP contribution in [0.1, 0.15) is 0 Å². The first kappa shape index (κ1) is 7.97. The van der Waals surface area contributed by atoms with E-state index in [9.17, 15) is 0 Å². The van der Waals surface area contributed by atoms with E-state index in [4.69, 9.17) is 21.7 Å². The van der Waals surface area contributed by atoms with E-state index >= 15 is 0 Å². The molecule has 0 aliphatic heterocycles. The average molecular weight is 194 g/mol. The molecule has 0 unspecified atom stereocenters. The van der Waals surface area contributed by atoms with Crippen molar-refractivity contribution in [3.05, 3.63) is 3.14 Å². The van der Waals surface area contributed by atoms with Crippen molar-refractivity contribution in [1.29, 1.82) is 0 Å². The Morgan fingerprint density at radius 3 is 1.80 bits per heavy atom. The van der Waals surface area contributed by atoms with Crippen LogP contribution >= 0.6 is 34.9 Å². The van der Waals surface area contributed by atoms with Crippen LogP contribution in [0.4, 0.5) is 0 Å². The Morgan fingerprint density at radius 2 is 1.50 bits per heavy atom. The number of methoxy groups -OCH3 is 2. The third kappa shape index (κ3) is 1.47. The Morgan fingerprint density at radius 1 is 1.10 bits per heavy atom. The maximum atomic E-state index is 4.99. The highest BCUT2D eigenvalue weighted by molar-refractivity contribution is 7.76. The van der Waals surface area contributed by atoms with Gasteiger partial charge < -0.3 is 9.47 Å². The van der Waals surface area contributed by atoms with Gasteiger partial charge >= 0.3 is 0 Å². The van der Waals surface area contributed by atoms with E-state index in [1.54, 1.807) is 14.2 Å². The molecule has 0 radical (unpaired) electrons. The molecule has 0 fully saturated rings. The summed E-state index contributed by atoms with van der Waals surface area (Å²) >= 11 is 7.78. The quantitative estimate of drug-likeness (QED) is 0.674. The summed E-state index contributed by atoms with van der Waals surface area (Å²) < 4.78 is 10.8. The van der Waals surface area contributed by atoms with Crippen molar-refractivity contribution in [2.24, 2.45) is 0 Å². The number of hydrogen-bond acceptors (Lipinski definition) is 5. The minimum atomic E-state index is 0.762. The monoisotopic (exact) mass is 194 g/mol. The first-order valence-electron chi connectivity index (χ1n) is 2.50. The molecule has 0 saturated carbocycles. The van der Waals surface area contributed by atoms with Gasteiger partial charge in [-0.3, -0.25) is 0 Å². The Kier molecular flexibility index (Phi) is 2.64. The molecule has 0 amide bonds. The summed E-state index contributed by atoms with van der Waals surface area (Å²) in [6.07, 6.45) is 0. The van der Waals surface area contributed by atoms with Gasteiger partial charge in [-0.05, 0) is 0 Å². The van der Waals surface area contributed by atoms with E-state index < -0.39 is 0 Å². The lowest BCUT2D eigenvalue weighted by Crippen LogP contribution is -1.82. The molecule has 0 aliphatic carbocycles. The van der Waals surface area contributed by atoms with Crippen LogP contribution in [0.5, 0.6) is 10.1 Å². The van der Waals surface area contributed by atoms with E-state index in [0.29, 0.717) is 0 Å². The summed E-state index contributed by atoms with van der Waals surface area (Å²) in [6.45, 7) is 0. The van der Waals surface area contributed by atoms with E-state index in [2.05, 4.69) is 0 Å². The second-order valence-electron chi connectivity index (χ2n) is 1.44. The van der Waals surface area contributed by atoms with Gasteiger partial charge in [-0.15, -0.1) is 0 Å². The smallest absolute Gasteiger partial charge is 0.230 e. The van der Waals surface area contributed by atoms with Crippen LogP contribution in [-0.4, -0.2) is 14.2 Å². The fourth-order valence-electron chi connectivity index (χ4n) is 0.506. The minimum Gasteiger partial charge on any atom is -0.484 e.